The molecule has 2 rings (SSSR count). The van der Waals surface area contributed by atoms with E-state index in [-0.39, 0.29) is 5.84 Å². The van der Waals surface area contributed by atoms with Gasteiger partial charge in [0.05, 0.1) is 5.56 Å². The summed E-state index contributed by atoms with van der Waals surface area (Å²) < 4.78 is 28.1. The summed E-state index contributed by atoms with van der Waals surface area (Å²) >= 11 is 1.37. The number of hydrogen-bond acceptors (Lipinski definition) is 4. The van der Waals surface area contributed by atoms with Crippen molar-refractivity contribution in [2.24, 2.45) is 10.1 Å². The molecule has 0 aliphatic carbocycles. The van der Waals surface area contributed by atoms with Crippen LogP contribution in [0.4, 0.5) is 5.00 Å². The monoisotopic (exact) mass is 231 g/mol. The molecule has 0 fully saturated rings. The fourth-order valence-electron chi connectivity index (χ4n) is 1.32. The van der Waals surface area contributed by atoms with E-state index in [0.29, 0.717) is 10.6 Å². The first-order valence-corrected chi connectivity index (χ1v) is 6.15. The molecular formula is C7H9N3O2S2. The van der Waals surface area contributed by atoms with Gasteiger partial charge in [-0.3, -0.25) is 4.72 Å². The van der Waals surface area contributed by atoms with Crippen molar-refractivity contribution in [1.82, 2.24) is 0 Å². The lowest BCUT2D eigenvalue weighted by molar-refractivity contribution is 0.603. The number of thiophene rings is 1. The normalized spacial score (nSPS) is 18.3. The summed E-state index contributed by atoms with van der Waals surface area (Å²) in [5.74, 6) is 0.0700. The van der Waals surface area contributed by atoms with Crippen LogP contribution >= 0.6 is 11.3 Å². The van der Waals surface area contributed by atoms with E-state index in [2.05, 4.69) is 9.12 Å². The SMILES string of the molecule is Cc1sc2c(c1C)C(N)=NS(=O)(=O)N2. The van der Waals surface area contributed by atoms with Crippen LogP contribution in [-0.4, -0.2) is 14.3 Å². The second kappa shape index (κ2) is 2.71. The number of nitrogens with two attached hydrogens (primary N) is 1. The van der Waals surface area contributed by atoms with Gasteiger partial charge < -0.3 is 5.73 Å². The minimum atomic E-state index is -3.63. The van der Waals surface area contributed by atoms with Crippen molar-refractivity contribution >= 4 is 32.4 Å². The Kier molecular flexibility index (Phi) is 1.83. The summed E-state index contributed by atoms with van der Waals surface area (Å²) in [4.78, 5) is 1.04. The molecule has 1 aromatic rings. The van der Waals surface area contributed by atoms with E-state index in [1.165, 1.54) is 11.3 Å². The zero-order valence-corrected chi connectivity index (χ0v) is 9.29. The van der Waals surface area contributed by atoms with Gasteiger partial charge in [-0.25, -0.2) is 0 Å². The molecule has 2 heterocycles. The van der Waals surface area contributed by atoms with E-state index in [9.17, 15) is 8.42 Å². The molecule has 0 saturated heterocycles. The van der Waals surface area contributed by atoms with Gasteiger partial charge in [-0.15, -0.1) is 15.7 Å². The molecule has 76 valence electrons. The maximum atomic E-state index is 11.2. The van der Waals surface area contributed by atoms with Crippen molar-refractivity contribution in [3.8, 4) is 0 Å². The van der Waals surface area contributed by atoms with Crippen LogP contribution in [-0.2, 0) is 10.2 Å². The van der Waals surface area contributed by atoms with E-state index < -0.39 is 10.2 Å². The van der Waals surface area contributed by atoms with E-state index in [0.717, 1.165) is 10.4 Å². The van der Waals surface area contributed by atoms with E-state index in [1.807, 2.05) is 13.8 Å². The van der Waals surface area contributed by atoms with Crippen LogP contribution < -0.4 is 10.5 Å². The van der Waals surface area contributed by atoms with Gasteiger partial charge in [0, 0.05) is 4.88 Å². The van der Waals surface area contributed by atoms with Crippen molar-refractivity contribution in [1.29, 1.82) is 0 Å². The maximum Gasteiger partial charge on any atom is 0.344 e. The topological polar surface area (TPSA) is 84.5 Å². The van der Waals surface area contributed by atoms with Gasteiger partial charge in [-0.05, 0) is 19.4 Å². The Labute approximate surface area is 85.8 Å². The highest BCUT2D eigenvalue weighted by Gasteiger charge is 2.25. The molecule has 1 aliphatic heterocycles. The fraction of sp³-hybridized carbons (Fsp3) is 0.286. The molecule has 14 heavy (non-hydrogen) atoms. The largest absolute Gasteiger partial charge is 0.382 e. The Balaban J connectivity index is 2.73. The molecule has 0 bridgehead atoms. The van der Waals surface area contributed by atoms with E-state index in [1.54, 1.807) is 0 Å². The number of nitrogens with zero attached hydrogens (tertiary/aromatic N) is 1. The highest BCUT2D eigenvalue weighted by Crippen LogP contribution is 2.35. The Morgan fingerprint density at radius 3 is 2.71 bits per heavy atom. The number of hydrogen-bond donors (Lipinski definition) is 2. The lowest BCUT2D eigenvalue weighted by Crippen LogP contribution is -2.25. The number of fused-ring (bicyclic) bond motifs is 1. The molecule has 0 radical (unpaired) electrons. The molecule has 0 spiro atoms. The molecular weight excluding hydrogens is 222 g/mol. The van der Waals surface area contributed by atoms with Crippen molar-refractivity contribution in [2.45, 2.75) is 13.8 Å². The predicted molar refractivity (Wildman–Crippen MR) is 57.1 cm³/mol. The van der Waals surface area contributed by atoms with Gasteiger partial charge >= 0.3 is 10.2 Å². The molecule has 1 aromatic heterocycles. The average molecular weight is 231 g/mol. The molecule has 0 atom stereocenters. The Morgan fingerprint density at radius 2 is 2.07 bits per heavy atom. The summed E-state index contributed by atoms with van der Waals surface area (Å²) in [6.45, 7) is 3.81. The van der Waals surface area contributed by atoms with Crippen LogP contribution in [0, 0.1) is 13.8 Å². The number of anilines is 1. The fourth-order valence-corrected chi connectivity index (χ4v) is 3.46. The highest BCUT2D eigenvalue weighted by molar-refractivity contribution is 7.91. The number of nitrogens with one attached hydrogen (secondary N) is 1. The van der Waals surface area contributed by atoms with E-state index >= 15 is 0 Å². The summed E-state index contributed by atoms with van der Waals surface area (Å²) in [5.41, 5.74) is 7.26. The van der Waals surface area contributed by atoms with Gasteiger partial charge in [0.2, 0.25) is 0 Å². The number of amidine groups is 1. The molecule has 0 unspecified atom stereocenters. The van der Waals surface area contributed by atoms with Crippen LogP contribution in [0.3, 0.4) is 0 Å². The molecule has 5 nitrogen and oxygen atoms in total. The first-order chi connectivity index (χ1) is 6.41. The van der Waals surface area contributed by atoms with Crippen molar-refractivity contribution < 1.29 is 8.42 Å². The molecule has 1 aliphatic rings. The van der Waals surface area contributed by atoms with Crippen LogP contribution in [0.1, 0.15) is 16.0 Å². The minimum Gasteiger partial charge on any atom is -0.382 e. The molecule has 3 N–H and O–H groups in total. The quantitative estimate of drug-likeness (QED) is 0.690. The molecule has 0 aromatic carbocycles. The summed E-state index contributed by atoms with van der Waals surface area (Å²) in [5, 5.41) is 0.563. The van der Waals surface area contributed by atoms with Crippen LogP contribution in [0.2, 0.25) is 0 Å². The third kappa shape index (κ3) is 1.28. The smallest absolute Gasteiger partial charge is 0.344 e. The molecule has 0 amide bonds. The Morgan fingerprint density at radius 1 is 1.43 bits per heavy atom. The second-order valence-electron chi connectivity index (χ2n) is 3.04. The zero-order valence-electron chi connectivity index (χ0n) is 7.66. The first-order valence-electron chi connectivity index (χ1n) is 3.89. The standard InChI is InChI=1S/C7H9N3O2S2/c1-3-4(2)13-7-5(3)6(8)9-14(11,12)10-7/h10H,1-2H3,(H2,8,9). The predicted octanol–water partition coefficient (Wildman–Crippen LogP) is 0.741. The Hall–Kier alpha value is -1.08. The summed E-state index contributed by atoms with van der Waals surface area (Å²) in [6.07, 6.45) is 0. The van der Waals surface area contributed by atoms with Crippen molar-refractivity contribution in [2.75, 3.05) is 4.72 Å². The zero-order chi connectivity index (χ0) is 10.5. The van der Waals surface area contributed by atoms with Gasteiger partial charge in [0.15, 0.2) is 0 Å². The van der Waals surface area contributed by atoms with Gasteiger partial charge in [-0.1, -0.05) is 0 Å². The number of rotatable bonds is 0. The van der Waals surface area contributed by atoms with Gasteiger partial charge in [-0.2, -0.15) is 8.42 Å². The number of aryl methyl sites for hydroxylation is 1. The van der Waals surface area contributed by atoms with Crippen molar-refractivity contribution in [3.05, 3.63) is 16.0 Å². The summed E-state index contributed by atoms with van der Waals surface area (Å²) in [7, 11) is -3.63. The van der Waals surface area contributed by atoms with Crippen LogP contribution in [0.5, 0.6) is 0 Å². The minimum absolute atomic E-state index is 0.0700. The van der Waals surface area contributed by atoms with Crippen LogP contribution in [0.15, 0.2) is 4.40 Å². The molecule has 7 heteroatoms. The first kappa shape index (κ1) is 9.47. The van der Waals surface area contributed by atoms with Crippen molar-refractivity contribution in [3.63, 3.8) is 0 Å². The Bertz CT molecular complexity index is 527. The van der Waals surface area contributed by atoms with Crippen LogP contribution in [0.25, 0.3) is 0 Å². The molecule has 0 saturated carbocycles. The maximum absolute atomic E-state index is 11.2. The van der Waals surface area contributed by atoms with Gasteiger partial charge in [0.25, 0.3) is 0 Å². The van der Waals surface area contributed by atoms with E-state index in [4.69, 9.17) is 5.73 Å². The summed E-state index contributed by atoms with van der Waals surface area (Å²) in [6, 6.07) is 0. The lowest BCUT2D eigenvalue weighted by Gasteiger charge is -2.11. The lowest BCUT2D eigenvalue weighted by atomic mass is 10.1. The second-order valence-corrected chi connectivity index (χ2v) is 5.60. The third-order valence-corrected chi connectivity index (χ3v) is 4.23. The third-order valence-electron chi connectivity index (χ3n) is 2.08. The average Bonchev–Trinajstić information content (AvgIpc) is 2.24. The van der Waals surface area contributed by atoms with Gasteiger partial charge in [0.1, 0.15) is 10.8 Å². The highest BCUT2D eigenvalue weighted by atomic mass is 32.2.